The van der Waals surface area contributed by atoms with Gasteiger partial charge in [0.25, 0.3) is 0 Å². The van der Waals surface area contributed by atoms with E-state index >= 15 is 0 Å². The SMILES string of the molecule is O=C(c1cnc(NCc2cncnc2)nc1)c1ccc(F)c(C(=O)C(O)c2ccccc2)c1. The molecule has 33 heavy (non-hydrogen) atoms. The molecule has 0 bridgehead atoms. The molecule has 1 atom stereocenters. The Morgan fingerprint density at radius 2 is 1.64 bits per heavy atom. The lowest BCUT2D eigenvalue weighted by Gasteiger charge is -2.12. The van der Waals surface area contributed by atoms with Crippen LogP contribution in [-0.2, 0) is 6.54 Å². The normalized spacial score (nSPS) is 11.6. The van der Waals surface area contributed by atoms with Crippen molar-refractivity contribution in [2.24, 2.45) is 0 Å². The van der Waals surface area contributed by atoms with E-state index in [1.54, 1.807) is 42.7 Å². The second-order valence-electron chi connectivity index (χ2n) is 7.10. The maximum absolute atomic E-state index is 14.4. The Balaban J connectivity index is 1.50. The summed E-state index contributed by atoms with van der Waals surface area (Å²) in [5.74, 6) is -1.85. The van der Waals surface area contributed by atoms with Gasteiger partial charge in [0.15, 0.2) is 11.6 Å². The van der Waals surface area contributed by atoms with E-state index in [2.05, 4.69) is 25.3 Å². The van der Waals surface area contributed by atoms with Gasteiger partial charge in [0.2, 0.25) is 5.95 Å². The van der Waals surface area contributed by atoms with Crippen molar-refractivity contribution in [3.8, 4) is 0 Å². The number of hydrogen-bond acceptors (Lipinski definition) is 8. The summed E-state index contributed by atoms with van der Waals surface area (Å²) in [6.07, 6.45) is 5.86. The van der Waals surface area contributed by atoms with Gasteiger partial charge in [-0.1, -0.05) is 30.3 Å². The van der Waals surface area contributed by atoms with E-state index in [9.17, 15) is 19.1 Å². The molecule has 0 fully saturated rings. The van der Waals surface area contributed by atoms with Gasteiger partial charge in [0, 0.05) is 42.5 Å². The minimum absolute atomic E-state index is 0.0748. The predicted molar refractivity (Wildman–Crippen MR) is 117 cm³/mol. The van der Waals surface area contributed by atoms with Gasteiger partial charge in [-0.25, -0.2) is 24.3 Å². The zero-order chi connectivity index (χ0) is 23.2. The number of anilines is 1. The van der Waals surface area contributed by atoms with E-state index in [-0.39, 0.29) is 16.7 Å². The van der Waals surface area contributed by atoms with Crippen LogP contribution in [0.2, 0.25) is 0 Å². The molecule has 164 valence electrons. The van der Waals surface area contributed by atoms with E-state index in [0.29, 0.717) is 18.1 Å². The highest BCUT2D eigenvalue weighted by Gasteiger charge is 2.24. The molecule has 9 heteroatoms. The van der Waals surface area contributed by atoms with Gasteiger partial charge in [-0.3, -0.25) is 9.59 Å². The number of benzene rings is 2. The molecule has 0 aliphatic carbocycles. The number of aliphatic hydroxyl groups is 1. The third kappa shape index (κ3) is 5.10. The van der Waals surface area contributed by atoms with Crippen LogP contribution < -0.4 is 5.32 Å². The second-order valence-corrected chi connectivity index (χ2v) is 7.10. The largest absolute Gasteiger partial charge is 0.380 e. The first-order chi connectivity index (χ1) is 16.0. The fourth-order valence-electron chi connectivity index (χ4n) is 3.09. The van der Waals surface area contributed by atoms with Gasteiger partial charge in [0.1, 0.15) is 18.2 Å². The van der Waals surface area contributed by atoms with Crippen LogP contribution in [0.15, 0.2) is 79.6 Å². The Bertz CT molecular complexity index is 1270. The van der Waals surface area contributed by atoms with E-state index in [1.165, 1.54) is 24.8 Å². The summed E-state index contributed by atoms with van der Waals surface area (Å²) in [4.78, 5) is 41.6. The third-order valence-corrected chi connectivity index (χ3v) is 4.84. The molecule has 0 spiro atoms. The Hall–Kier alpha value is -4.37. The monoisotopic (exact) mass is 443 g/mol. The molecule has 2 aromatic carbocycles. The Morgan fingerprint density at radius 3 is 2.33 bits per heavy atom. The fraction of sp³-hybridized carbons (Fsp3) is 0.0833. The first kappa shape index (κ1) is 21.8. The van der Waals surface area contributed by atoms with Crippen LogP contribution in [0.3, 0.4) is 0 Å². The van der Waals surface area contributed by atoms with Gasteiger partial charge in [0.05, 0.1) is 11.1 Å². The topological polar surface area (TPSA) is 118 Å². The van der Waals surface area contributed by atoms with Crippen molar-refractivity contribution in [1.82, 2.24) is 19.9 Å². The van der Waals surface area contributed by atoms with Crippen LogP contribution in [-0.4, -0.2) is 36.6 Å². The zero-order valence-corrected chi connectivity index (χ0v) is 17.2. The number of ketones is 2. The third-order valence-electron chi connectivity index (χ3n) is 4.84. The molecule has 4 rings (SSSR count). The van der Waals surface area contributed by atoms with Gasteiger partial charge < -0.3 is 10.4 Å². The molecular weight excluding hydrogens is 425 g/mol. The molecule has 4 aromatic rings. The van der Waals surface area contributed by atoms with Crippen LogP contribution in [0.4, 0.5) is 10.3 Å². The van der Waals surface area contributed by atoms with Gasteiger partial charge in [-0.05, 0) is 23.8 Å². The maximum atomic E-state index is 14.4. The molecule has 0 aliphatic rings. The van der Waals surface area contributed by atoms with Crippen LogP contribution in [0.5, 0.6) is 0 Å². The quantitative estimate of drug-likeness (QED) is 0.399. The molecule has 0 saturated carbocycles. The van der Waals surface area contributed by atoms with Gasteiger partial charge in [-0.15, -0.1) is 0 Å². The molecule has 8 nitrogen and oxygen atoms in total. The lowest BCUT2D eigenvalue weighted by Crippen LogP contribution is -2.15. The molecule has 0 amide bonds. The second kappa shape index (κ2) is 9.84. The van der Waals surface area contributed by atoms with Crippen molar-refractivity contribution in [1.29, 1.82) is 0 Å². The fourth-order valence-corrected chi connectivity index (χ4v) is 3.09. The van der Waals surface area contributed by atoms with Crippen molar-refractivity contribution in [2.75, 3.05) is 5.32 Å². The van der Waals surface area contributed by atoms with Crippen molar-refractivity contribution in [2.45, 2.75) is 12.6 Å². The Morgan fingerprint density at radius 1 is 0.939 bits per heavy atom. The molecule has 1 unspecified atom stereocenters. The predicted octanol–water partition coefficient (Wildman–Crippen LogP) is 3.17. The molecular formula is C24H18FN5O3. The lowest BCUT2D eigenvalue weighted by atomic mass is 9.96. The molecule has 2 N–H and O–H groups in total. The Kier molecular flexibility index (Phi) is 6.51. The first-order valence-corrected chi connectivity index (χ1v) is 9.94. The molecule has 0 aliphatic heterocycles. The number of carbonyl (C=O) groups is 2. The van der Waals surface area contributed by atoms with E-state index in [4.69, 9.17) is 0 Å². The molecule has 0 radical (unpaired) electrons. The highest BCUT2D eigenvalue weighted by molar-refractivity contribution is 6.10. The summed E-state index contributed by atoms with van der Waals surface area (Å²) in [5, 5.41) is 13.3. The number of nitrogens with one attached hydrogen (secondary N) is 1. The van der Waals surface area contributed by atoms with Gasteiger partial charge >= 0.3 is 0 Å². The van der Waals surface area contributed by atoms with E-state index < -0.39 is 23.5 Å². The van der Waals surface area contributed by atoms with Crippen LogP contribution >= 0.6 is 0 Å². The highest BCUT2D eigenvalue weighted by Crippen LogP contribution is 2.22. The lowest BCUT2D eigenvalue weighted by molar-refractivity contribution is 0.0743. The van der Waals surface area contributed by atoms with E-state index in [0.717, 1.165) is 17.7 Å². The Labute approximate surface area is 188 Å². The first-order valence-electron chi connectivity index (χ1n) is 9.94. The number of Topliss-reactive ketones (excluding diaryl/α,β-unsaturated/α-hetero) is 1. The summed E-state index contributed by atoms with van der Waals surface area (Å²) < 4.78 is 14.4. The minimum atomic E-state index is -1.55. The summed E-state index contributed by atoms with van der Waals surface area (Å²) in [5.41, 5.74) is 1.03. The van der Waals surface area contributed by atoms with Crippen LogP contribution in [0.25, 0.3) is 0 Å². The molecule has 0 saturated heterocycles. The van der Waals surface area contributed by atoms with Crippen molar-refractivity contribution >= 4 is 17.5 Å². The number of aromatic nitrogens is 4. The summed E-state index contributed by atoms with van der Waals surface area (Å²) in [6, 6.07) is 11.6. The van der Waals surface area contributed by atoms with Crippen LogP contribution in [0.1, 0.15) is 43.5 Å². The molecule has 2 heterocycles. The highest BCUT2D eigenvalue weighted by atomic mass is 19.1. The van der Waals surface area contributed by atoms with Crippen molar-refractivity contribution in [3.63, 3.8) is 0 Å². The number of nitrogens with zero attached hydrogens (tertiary/aromatic N) is 4. The average molecular weight is 443 g/mol. The number of rotatable bonds is 8. The summed E-state index contributed by atoms with van der Waals surface area (Å²) in [7, 11) is 0. The van der Waals surface area contributed by atoms with Crippen LogP contribution in [0, 0.1) is 5.82 Å². The molecule has 2 aromatic heterocycles. The minimum Gasteiger partial charge on any atom is -0.380 e. The number of carbonyl (C=O) groups excluding carboxylic acids is 2. The van der Waals surface area contributed by atoms with Crippen molar-refractivity contribution < 1.29 is 19.1 Å². The number of hydrogen-bond donors (Lipinski definition) is 2. The summed E-state index contributed by atoms with van der Waals surface area (Å²) >= 11 is 0. The van der Waals surface area contributed by atoms with E-state index in [1.807, 2.05) is 0 Å². The average Bonchev–Trinajstić information content (AvgIpc) is 2.88. The van der Waals surface area contributed by atoms with Gasteiger partial charge in [-0.2, -0.15) is 0 Å². The zero-order valence-electron chi connectivity index (χ0n) is 17.2. The smallest absolute Gasteiger partial charge is 0.222 e. The summed E-state index contributed by atoms with van der Waals surface area (Å²) in [6.45, 7) is 0.404. The standard InChI is InChI=1S/C24H18FN5O3/c25-20-7-6-17(8-19(20)23(33)22(32)16-4-2-1-3-5-16)21(31)18-12-29-24(30-13-18)28-11-15-9-26-14-27-10-15/h1-10,12-14,22,32H,11H2,(H,28,29,30). The number of aliphatic hydroxyl groups excluding tert-OH is 1. The van der Waals surface area contributed by atoms with Crippen molar-refractivity contribution in [3.05, 3.63) is 113 Å². The number of halogens is 1. The maximum Gasteiger partial charge on any atom is 0.222 e.